The number of rotatable bonds is 2. The number of anilines is 1. The lowest BCUT2D eigenvalue weighted by Gasteiger charge is -2.27. The Bertz CT molecular complexity index is 806. The molecule has 3 nitrogen and oxygen atoms in total. The van der Waals surface area contributed by atoms with Crippen molar-refractivity contribution in [1.82, 2.24) is 0 Å². The van der Waals surface area contributed by atoms with E-state index in [0.29, 0.717) is 17.1 Å². The summed E-state index contributed by atoms with van der Waals surface area (Å²) in [5.41, 5.74) is 3.24. The van der Waals surface area contributed by atoms with E-state index in [1.54, 1.807) is 12.1 Å². The first kappa shape index (κ1) is 17.9. The third kappa shape index (κ3) is 2.56. The predicted octanol–water partition coefficient (Wildman–Crippen LogP) is 5.08. The minimum absolute atomic E-state index is 0.0881. The van der Waals surface area contributed by atoms with Gasteiger partial charge in [0.05, 0.1) is 11.1 Å². The quantitative estimate of drug-likeness (QED) is 0.547. The average Bonchev–Trinajstić information content (AvgIpc) is 2.96. The molecule has 4 heteroatoms. The molecule has 1 saturated heterocycles. The van der Waals surface area contributed by atoms with Crippen LogP contribution in [-0.4, -0.2) is 11.8 Å². The SMILES string of the molecule is C=CC1C(=C(C)C)C(C)CC12CC(=O)N(c1ccc(C)c(Cl)c1)C2=O. The highest BCUT2D eigenvalue weighted by Gasteiger charge is 2.60. The van der Waals surface area contributed by atoms with Gasteiger partial charge in [0.25, 0.3) is 0 Å². The van der Waals surface area contributed by atoms with Crippen molar-refractivity contribution in [2.75, 3.05) is 4.90 Å². The van der Waals surface area contributed by atoms with Crippen molar-refractivity contribution in [3.05, 3.63) is 52.6 Å². The Kier molecular flexibility index (Phi) is 4.40. The lowest BCUT2D eigenvalue weighted by Crippen LogP contribution is -2.37. The summed E-state index contributed by atoms with van der Waals surface area (Å²) in [6.45, 7) is 12.1. The molecule has 1 aliphatic carbocycles. The average molecular weight is 358 g/mol. The number of hydrogen-bond donors (Lipinski definition) is 0. The zero-order chi connectivity index (χ0) is 18.5. The van der Waals surface area contributed by atoms with Gasteiger partial charge in [0.1, 0.15) is 0 Å². The number of carbonyl (C=O) groups excluding carboxylic acids is 2. The summed E-state index contributed by atoms with van der Waals surface area (Å²) < 4.78 is 0. The van der Waals surface area contributed by atoms with Crippen LogP contribution >= 0.6 is 11.6 Å². The lowest BCUT2D eigenvalue weighted by atomic mass is 9.75. The van der Waals surface area contributed by atoms with Crippen LogP contribution in [0.2, 0.25) is 5.02 Å². The Morgan fingerprint density at radius 3 is 2.60 bits per heavy atom. The summed E-state index contributed by atoms with van der Waals surface area (Å²) >= 11 is 6.21. The van der Waals surface area contributed by atoms with Crippen LogP contribution in [0.15, 0.2) is 42.0 Å². The molecule has 1 aromatic carbocycles. The molecule has 2 aliphatic rings. The normalized spacial score (nSPS) is 29.0. The van der Waals surface area contributed by atoms with E-state index >= 15 is 0 Å². The number of allylic oxidation sites excluding steroid dienone is 3. The smallest absolute Gasteiger partial charge is 0.241 e. The van der Waals surface area contributed by atoms with E-state index in [2.05, 4.69) is 27.4 Å². The van der Waals surface area contributed by atoms with E-state index in [0.717, 1.165) is 5.56 Å². The number of imide groups is 1. The van der Waals surface area contributed by atoms with Crippen molar-refractivity contribution in [2.24, 2.45) is 17.3 Å². The summed E-state index contributed by atoms with van der Waals surface area (Å²) in [6.07, 6.45) is 2.77. The van der Waals surface area contributed by atoms with Crippen LogP contribution in [0.4, 0.5) is 5.69 Å². The summed E-state index contributed by atoms with van der Waals surface area (Å²) in [5, 5.41) is 0.559. The Hall–Kier alpha value is -1.87. The Balaban J connectivity index is 2.08. The van der Waals surface area contributed by atoms with Crippen molar-refractivity contribution >= 4 is 29.1 Å². The second kappa shape index (κ2) is 6.14. The van der Waals surface area contributed by atoms with Crippen LogP contribution in [0.25, 0.3) is 0 Å². The summed E-state index contributed by atoms with van der Waals surface area (Å²) in [5.74, 6) is -0.0921. The maximum atomic E-state index is 13.4. The van der Waals surface area contributed by atoms with Gasteiger partial charge >= 0.3 is 0 Å². The van der Waals surface area contributed by atoms with Crippen LogP contribution in [0.3, 0.4) is 0 Å². The van der Waals surface area contributed by atoms with Crippen molar-refractivity contribution in [2.45, 2.75) is 40.5 Å². The van der Waals surface area contributed by atoms with Crippen LogP contribution < -0.4 is 4.90 Å². The van der Waals surface area contributed by atoms with E-state index in [9.17, 15) is 9.59 Å². The topological polar surface area (TPSA) is 37.4 Å². The van der Waals surface area contributed by atoms with Crippen LogP contribution in [0, 0.1) is 24.2 Å². The van der Waals surface area contributed by atoms with Gasteiger partial charge in [0, 0.05) is 17.4 Å². The molecule has 0 bridgehead atoms. The van der Waals surface area contributed by atoms with Gasteiger partial charge in [-0.3, -0.25) is 9.59 Å². The Labute approximate surface area is 154 Å². The summed E-state index contributed by atoms with van der Waals surface area (Å²) in [6, 6.07) is 5.33. The summed E-state index contributed by atoms with van der Waals surface area (Å²) in [7, 11) is 0. The van der Waals surface area contributed by atoms with Crippen molar-refractivity contribution in [3.63, 3.8) is 0 Å². The highest BCUT2D eigenvalue weighted by molar-refractivity contribution is 6.32. The fourth-order valence-corrected chi connectivity index (χ4v) is 4.86. The first-order valence-corrected chi connectivity index (χ1v) is 9.04. The molecule has 1 aliphatic heterocycles. The molecule has 3 rings (SSSR count). The number of carbonyl (C=O) groups is 2. The molecule has 3 atom stereocenters. The molecule has 0 radical (unpaired) electrons. The fraction of sp³-hybridized carbons (Fsp3) is 0.429. The largest absolute Gasteiger partial charge is 0.274 e. The molecular formula is C21H24ClNO2. The fourth-order valence-electron chi connectivity index (χ4n) is 4.69. The van der Waals surface area contributed by atoms with Crippen LogP contribution in [0.1, 0.15) is 39.2 Å². The van der Waals surface area contributed by atoms with E-state index in [1.165, 1.54) is 16.0 Å². The third-order valence-electron chi connectivity index (χ3n) is 5.70. The maximum Gasteiger partial charge on any atom is 0.241 e. The van der Waals surface area contributed by atoms with Crippen molar-refractivity contribution < 1.29 is 9.59 Å². The molecule has 25 heavy (non-hydrogen) atoms. The zero-order valence-corrected chi connectivity index (χ0v) is 16.0. The number of hydrogen-bond acceptors (Lipinski definition) is 2. The van der Waals surface area contributed by atoms with Gasteiger partial charge < -0.3 is 0 Å². The second-order valence-corrected chi connectivity index (χ2v) is 7.98. The molecule has 1 spiro atoms. The first-order valence-electron chi connectivity index (χ1n) is 8.66. The number of nitrogens with zero attached hydrogens (tertiary/aromatic N) is 1. The molecular weight excluding hydrogens is 334 g/mol. The van der Waals surface area contributed by atoms with Gasteiger partial charge in [-0.2, -0.15) is 0 Å². The minimum atomic E-state index is -0.706. The monoisotopic (exact) mass is 357 g/mol. The van der Waals surface area contributed by atoms with E-state index < -0.39 is 5.41 Å². The molecule has 132 valence electrons. The van der Waals surface area contributed by atoms with Gasteiger partial charge in [-0.25, -0.2) is 4.90 Å². The first-order chi connectivity index (χ1) is 11.7. The molecule has 2 fully saturated rings. The number of benzene rings is 1. The standard InChI is InChI=1S/C21H24ClNO2/c1-6-16-19(12(2)3)14(5)10-21(16)11-18(24)23(20(21)25)15-8-7-13(4)17(22)9-15/h6-9,14,16H,1,10-11H2,2-5H3. The highest BCUT2D eigenvalue weighted by atomic mass is 35.5. The molecule has 0 N–H and O–H groups in total. The van der Waals surface area contributed by atoms with Crippen LogP contribution in [-0.2, 0) is 9.59 Å². The molecule has 1 saturated carbocycles. The molecule has 2 amide bonds. The van der Waals surface area contributed by atoms with Crippen LogP contribution in [0.5, 0.6) is 0 Å². The lowest BCUT2D eigenvalue weighted by molar-refractivity contribution is -0.126. The Morgan fingerprint density at radius 1 is 1.36 bits per heavy atom. The van der Waals surface area contributed by atoms with Gasteiger partial charge in [-0.15, -0.1) is 6.58 Å². The van der Waals surface area contributed by atoms with Gasteiger partial charge in [-0.1, -0.05) is 41.8 Å². The van der Waals surface area contributed by atoms with Gasteiger partial charge in [-0.05, 0) is 50.8 Å². The molecule has 1 heterocycles. The van der Waals surface area contributed by atoms with Crippen molar-refractivity contribution in [3.8, 4) is 0 Å². The summed E-state index contributed by atoms with van der Waals surface area (Å²) in [4.78, 5) is 27.5. The predicted molar refractivity (Wildman–Crippen MR) is 102 cm³/mol. The third-order valence-corrected chi connectivity index (χ3v) is 6.11. The van der Waals surface area contributed by atoms with Gasteiger partial charge in [0.2, 0.25) is 11.8 Å². The van der Waals surface area contributed by atoms with Gasteiger partial charge in [0.15, 0.2) is 0 Å². The zero-order valence-electron chi connectivity index (χ0n) is 15.2. The molecule has 3 unspecified atom stereocenters. The Morgan fingerprint density at radius 2 is 2.04 bits per heavy atom. The highest BCUT2D eigenvalue weighted by Crippen LogP contribution is 2.57. The maximum absolute atomic E-state index is 13.4. The van der Waals surface area contributed by atoms with E-state index in [4.69, 9.17) is 11.6 Å². The number of halogens is 1. The minimum Gasteiger partial charge on any atom is -0.274 e. The molecule has 0 aromatic heterocycles. The number of amides is 2. The second-order valence-electron chi connectivity index (χ2n) is 7.57. The number of aryl methyl sites for hydroxylation is 1. The van der Waals surface area contributed by atoms with E-state index in [1.807, 2.05) is 19.1 Å². The van der Waals surface area contributed by atoms with E-state index in [-0.39, 0.29) is 30.1 Å². The van der Waals surface area contributed by atoms with Crippen molar-refractivity contribution in [1.29, 1.82) is 0 Å². The molecule has 1 aromatic rings.